The summed E-state index contributed by atoms with van der Waals surface area (Å²) in [6, 6.07) is 25.2. The average Bonchev–Trinajstić information content (AvgIpc) is 3.99. The number of methoxy groups -OCH3 is 1. The van der Waals surface area contributed by atoms with E-state index < -0.39 is 12.1 Å². The van der Waals surface area contributed by atoms with E-state index in [1.165, 1.54) is 12.1 Å². The van der Waals surface area contributed by atoms with Crippen LogP contribution in [0.15, 0.2) is 87.8 Å². The van der Waals surface area contributed by atoms with Crippen molar-refractivity contribution >= 4 is 89.9 Å². The first-order valence-corrected chi connectivity index (χ1v) is 25.3. The van der Waals surface area contributed by atoms with Gasteiger partial charge in [-0.3, -0.25) is 19.2 Å². The lowest BCUT2D eigenvalue weighted by Gasteiger charge is -2.34. The summed E-state index contributed by atoms with van der Waals surface area (Å²) in [6.45, 7) is 16.2. The molecule has 4 aliphatic carbocycles. The molecule has 4 atom stereocenters. The second-order valence-corrected chi connectivity index (χ2v) is 21.2. The Morgan fingerprint density at radius 2 is 1.10 bits per heavy atom. The number of alkyl halides is 3. The van der Waals surface area contributed by atoms with Crippen LogP contribution < -0.4 is 14.4 Å². The van der Waals surface area contributed by atoms with E-state index in [0.717, 1.165) is 73.4 Å². The van der Waals surface area contributed by atoms with E-state index >= 15 is 0 Å². The normalized spacial score (nSPS) is 18.5. The molecule has 0 aromatic heterocycles. The molecule has 8 nitrogen and oxygen atoms in total. The molecule has 0 saturated carbocycles. The molecule has 0 spiro atoms. The Bertz CT molecular complexity index is 2860. The molecular formula is C55H54Br2Cl2F3NO7. The summed E-state index contributed by atoms with van der Waals surface area (Å²) in [6.07, 6.45) is -2.45. The van der Waals surface area contributed by atoms with Gasteiger partial charge in [0.1, 0.15) is 11.5 Å². The maximum Gasteiger partial charge on any atom is 0.491 e. The van der Waals surface area contributed by atoms with Gasteiger partial charge in [0, 0.05) is 82.7 Å². The maximum absolute atomic E-state index is 12.4. The van der Waals surface area contributed by atoms with Gasteiger partial charge in [-0.05, 0) is 130 Å². The molecule has 70 heavy (non-hydrogen) atoms. The summed E-state index contributed by atoms with van der Waals surface area (Å²) in [5.74, 6) is -1.53. The quantitative estimate of drug-likeness (QED) is 0.122. The number of halogens is 7. The van der Waals surface area contributed by atoms with Crippen LogP contribution >= 0.6 is 55.1 Å². The van der Waals surface area contributed by atoms with E-state index in [2.05, 4.69) is 87.4 Å². The Morgan fingerprint density at radius 3 is 1.64 bits per heavy atom. The summed E-state index contributed by atoms with van der Waals surface area (Å²) in [5.41, 5.74) is 9.46. The predicted molar refractivity (Wildman–Crippen MR) is 276 cm³/mol. The average molecular weight is 1130 g/mol. The van der Waals surface area contributed by atoms with Gasteiger partial charge in [-0.2, -0.15) is 13.2 Å². The molecular weight excluding hydrogens is 1070 g/mol. The summed E-state index contributed by atoms with van der Waals surface area (Å²) >= 11 is 19.0. The third kappa shape index (κ3) is 11.6. The number of nitrogens with zero attached hydrogens (tertiary/aromatic N) is 1. The fourth-order valence-corrected chi connectivity index (χ4v) is 11.0. The third-order valence-electron chi connectivity index (χ3n) is 12.8. The van der Waals surface area contributed by atoms with Crippen LogP contribution in [0, 0.1) is 23.7 Å². The van der Waals surface area contributed by atoms with Crippen LogP contribution in [0.1, 0.15) is 119 Å². The minimum atomic E-state index is -5.07. The number of Topliss-reactive ketones (excluding diaryl/α,β-unsaturated/α-hetero) is 4. The van der Waals surface area contributed by atoms with Crippen molar-refractivity contribution in [2.75, 3.05) is 12.0 Å². The molecule has 0 aliphatic heterocycles. The number of ketones is 4. The largest absolute Gasteiger partial charge is 0.496 e. The van der Waals surface area contributed by atoms with Crippen LogP contribution in [0.5, 0.6) is 11.5 Å². The van der Waals surface area contributed by atoms with E-state index in [1.54, 1.807) is 26.2 Å². The lowest BCUT2D eigenvalue weighted by Crippen LogP contribution is -2.38. The number of ether oxygens (including phenoxy) is 2. The topological polar surface area (TPSA) is 107 Å². The maximum atomic E-state index is 12.4. The molecule has 0 N–H and O–H groups in total. The third-order valence-corrected chi connectivity index (χ3v) is 14.7. The number of anilines is 1. The molecule has 5 aromatic carbocycles. The van der Waals surface area contributed by atoms with Gasteiger partial charge < -0.3 is 14.4 Å². The number of carbonyl (C=O) groups excluding carboxylic acids is 5. The van der Waals surface area contributed by atoms with Gasteiger partial charge in [0.15, 0.2) is 23.1 Å². The molecule has 15 heteroatoms. The molecule has 5 aromatic rings. The van der Waals surface area contributed by atoms with E-state index in [4.69, 9.17) is 27.9 Å². The van der Waals surface area contributed by atoms with Crippen LogP contribution in [0.2, 0.25) is 10.0 Å². The number of fused-ring (bicyclic) bond motifs is 4. The van der Waals surface area contributed by atoms with Crippen LogP contribution in [0.4, 0.5) is 18.9 Å². The zero-order valence-electron chi connectivity index (χ0n) is 40.2. The van der Waals surface area contributed by atoms with Crippen LogP contribution in [-0.4, -0.2) is 54.5 Å². The number of hydrogen-bond acceptors (Lipinski definition) is 8. The van der Waals surface area contributed by atoms with Gasteiger partial charge in [0.2, 0.25) is 0 Å². The van der Waals surface area contributed by atoms with E-state index in [-0.39, 0.29) is 59.0 Å². The van der Waals surface area contributed by atoms with Crippen molar-refractivity contribution in [3.05, 3.63) is 142 Å². The molecule has 0 saturated heterocycles. The highest BCUT2D eigenvalue weighted by Gasteiger charge is 2.43. The summed E-state index contributed by atoms with van der Waals surface area (Å²) in [7, 11) is 1.57. The SMILES string of the molecule is CC1Cc2c(Br)cc(-c3ccccc3)cc2C1=O.CC1Cc2c(Cl)ccc(N(C(C)C)C(C)C)c2C1=O.CC1Cc2c(OC(=O)C(F)(F)F)cc(Br)cc2C1=O.COc1ccc(Cl)c2c1C(=O)C(C)C2. The molecule has 4 aliphatic rings. The number of hydrogen-bond donors (Lipinski definition) is 0. The van der Waals surface area contributed by atoms with Crippen molar-refractivity contribution < 1.29 is 46.6 Å². The Hall–Kier alpha value is -4.82. The molecule has 0 bridgehead atoms. The molecule has 9 rings (SSSR count). The Kier molecular flexibility index (Phi) is 17.4. The lowest BCUT2D eigenvalue weighted by molar-refractivity contribution is -0.189. The van der Waals surface area contributed by atoms with Gasteiger partial charge in [-0.15, -0.1) is 0 Å². The number of benzene rings is 5. The highest BCUT2D eigenvalue weighted by Crippen LogP contribution is 2.42. The van der Waals surface area contributed by atoms with Gasteiger partial charge in [0.05, 0.1) is 12.7 Å². The predicted octanol–water partition coefficient (Wildman–Crippen LogP) is 14.8. The minimum absolute atomic E-state index is 0.0267. The molecule has 0 fully saturated rings. The summed E-state index contributed by atoms with van der Waals surface area (Å²) in [5, 5.41) is 1.39. The zero-order chi connectivity index (χ0) is 51.7. The lowest BCUT2D eigenvalue weighted by atomic mass is 10.0. The smallest absolute Gasteiger partial charge is 0.491 e. The first-order valence-electron chi connectivity index (χ1n) is 23.0. The highest BCUT2D eigenvalue weighted by molar-refractivity contribution is 9.10. The van der Waals surface area contributed by atoms with E-state index in [9.17, 15) is 37.1 Å². The molecule has 4 unspecified atom stereocenters. The van der Waals surface area contributed by atoms with Crippen LogP contribution in [0.25, 0.3) is 11.1 Å². The fourth-order valence-electron chi connectivity index (χ4n) is 9.46. The second-order valence-electron chi connectivity index (χ2n) is 18.7. The zero-order valence-corrected chi connectivity index (χ0v) is 44.9. The molecule has 0 heterocycles. The summed E-state index contributed by atoms with van der Waals surface area (Å²) in [4.78, 5) is 61.3. The second kappa shape index (κ2) is 22.3. The van der Waals surface area contributed by atoms with Crippen molar-refractivity contribution in [1.29, 1.82) is 0 Å². The summed E-state index contributed by atoms with van der Waals surface area (Å²) < 4.78 is 47.5. The Morgan fingerprint density at radius 1 is 0.614 bits per heavy atom. The Labute approximate surface area is 433 Å². The standard InChI is InChI=1S/C16H13BrO.C16H22ClNO.C12H8BrF3O3.C11H11ClO2/c1-10-7-13-14(16(10)18)8-12(9-15(13)17)11-5-3-2-4-6-11;1-9(2)18(10(3)4)14-7-6-13(17)12-8-11(5)16(19)15(12)14;1-5-2-7-8(10(5)17)3-6(13)4-9(7)19-11(18)12(14,15)16;1-6-5-7-8(12)3-4-9(14-2)10(7)11(6)13/h2-6,8-10H,7H2,1H3;6-7,9-11H,8H2,1-5H3;3-5H,2H2,1H3;3-4,6H,5H2,1-2H3. The van der Waals surface area contributed by atoms with Crippen molar-refractivity contribution in [3.63, 3.8) is 0 Å². The molecule has 0 amide bonds. The van der Waals surface area contributed by atoms with E-state index in [1.807, 2.05) is 57.2 Å². The van der Waals surface area contributed by atoms with Crippen molar-refractivity contribution in [1.82, 2.24) is 0 Å². The van der Waals surface area contributed by atoms with Gasteiger partial charge in [0.25, 0.3) is 0 Å². The minimum Gasteiger partial charge on any atom is -0.496 e. The highest BCUT2D eigenvalue weighted by atomic mass is 79.9. The van der Waals surface area contributed by atoms with Crippen molar-refractivity contribution in [2.24, 2.45) is 23.7 Å². The molecule has 370 valence electrons. The fraction of sp³-hybridized carbons (Fsp3) is 0.364. The van der Waals surface area contributed by atoms with Gasteiger partial charge in [-0.25, -0.2) is 4.79 Å². The monoisotopic (exact) mass is 1130 g/mol. The molecule has 0 radical (unpaired) electrons. The van der Waals surface area contributed by atoms with Crippen molar-refractivity contribution in [3.8, 4) is 22.6 Å². The van der Waals surface area contributed by atoms with Crippen molar-refractivity contribution in [2.45, 2.75) is 99.3 Å². The van der Waals surface area contributed by atoms with Gasteiger partial charge in [-0.1, -0.05) is 113 Å². The number of rotatable bonds is 6. The van der Waals surface area contributed by atoms with E-state index in [0.29, 0.717) is 44.0 Å². The number of esters is 1. The van der Waals surface area contributed by atoms with Crippen LogP contribution in [-0.2, 0) is 30.5 Å². The Balaban J connectivity index is 0.000000154. The van der Waals surface area contributed by atoms with Gasteiger partial charge >= 0.3 is 12.1 Å². The van der Waals surface area contributed by atoms with Crippen LogP contribution in [0.3, 0.4) is 0 Å². The first kappa shape index (κ1) is 54.5. The number of carbonyl (C=O) groups is 5. The first-order chi connectivity index (χ1) is 32.9.